The summed E-state index contributed by atoms with van der Waals surface area (Å²) in [5.74, 6) is 0.103. The molecule has 4 nitrogen and oxygen atoms in total. The number of likely N-dealkylation sites (tertiary alicyclic amines) is 1. The molecule has 126 valence electrons. The Bertz CT molecular complexity index is 552. The molecule has 2 fully saturated rings. The molecule has 0 aromatic heterocycles. The van der Waals surface area contributed by atoms with Crippen LogP contribution in [0.25, 0.3) is 0 Å². The van der Waals surface area contributed by atoms with Crippen molar-refractivity contribution in [1.29, 1.82) is 0 Å². The molecule has 2 aliphatic rings. The average Bonchev–Trinajstić information content (AvgIpc) is 3.21. The molecule has 0 N–H and O–H groups in total. The molecule has 3 rings (SSSR count). The smallest absolute Gasteiger partial charge is 0.249 e. The molecule has 4 heteroatoms. The summed E-state index contributed by atoms with van der Waals surface area (Å²) in [6, 6.07) is 6.58. The van der Waals surface area contributed by atoms with E-state index in [9.17, 15) is 4.79 Å². The minimum atomic E-state index is 0.103. The van der Waals surface area contributed by atoms with Crippen LogP contribution in [0.4, 0.5) is 0 Å². The molecular weight excluding hydrogens is 290 g/mol. The summed E-state index contributed by atoms with van der Waals surface area (Å²) in [4.78, 5) is 14.6. The predicted octanol–water partition coefficient (Wildman–Crippen LogP) is 3.16. The molecule has 2 heterocycles. The van der Waals surface area contributed by atoms with Crippen LogP contribution in [0.15, 0.2) is 18.2 Å². The van der Waals surface area contributed by atoms with Gasteiger partial charge in [0.15, 0.2) is 0 Å². The molecule has 0 bridgehead atoms. The number of carbonyl (C=O) groups is 1. The van der Waals surface area contributed by atoms with E-state index in [-0.39, 0.29) is 24.7 Å². The number of nitrogens with zero attached hydrogens (tertiary/aromatic N) is 1. The first kappa shape index (κ1) is 16.5. The van der Waals surface area contributed by atoms with Crippen LogP contribution in [-0.4, -0.2) is 43.3 Å². The van der Waals surface area contributed by atoms with E-state index in [0.717, 1.165) is 38.8 Å². The van der Waals surface area contributed by atoms with Crippen molar-refractivity contribution in [1.82, 2.24) is 4.90 Å². The number of hydrogen-bond acceptors (Lipinski definition) is 3. The van der Waals surface area contributed by atoms with Gasteiger partial charge in [-0.15, -0.1) is 0 Å². The molecule has 1 aromatic rings. The molecule has 1 amide bonds. The maximum absolute atomic E-state index is 12.6. The van der Waals surface area contributed by atoms with E-state index in [0.29, 0.717) is 6.61 Å². The lowest BCUT2D eigenvalue weighted by Gasteiger charge is -2.27. The standard InChI is InChI=1S/C19H27NO3/c1-14-6-3-8-17(15(14)2)18-9-4-10-20(18)19(21)13-22-12-16-7-5-11-23-16/h3,6,8,16,18H,4-5,7,9-13H2,1-2H3/t16-,18-/m1/s1. The number of ether oxygens (including phenoxy) is 2. The van der Waals surface area contributed by atoms with Gasteiger partial charge in [-0.2, -0.15) is 0 Å². The van der Waals surface area contributed by atoms with E-state index in [1.54, 1.807) is 0 Å². The second-order valence-electron chi connectivity index (χ2n) is 6.68. The Morgan fingerprint density at radius 2 is 2.17 bits per heavy atom. The van der Waals surface area contributed by atoms with Crippen LogP contribution < -0.4 is 0 Å². The molecule has 0 aliphatic carbocycles. The third-order valence-corrected chi connectivity index (χ3v) is 5.13. The van der Waals surface area contributed by atoms with Crippen molar-refractivity contribution in [2.75, 3.05) is 26.4 Å². The Labute approximate surface area is 138 Å². The lowest BCUT2D eigenvalue weighted by Crippen LogP contribution is -2.34. The van der Waals surface area contributed by atoms with Crippen LogP contribution in [0, 0.1) is 13.8 Å². The molecular formula is C19H27NO3. The average molecular weight is 317 g/mol. The molecule has 0 radical (unpaired) electrons. The molecule has 2 atom stereocenters. The minimum absolute atomic E-state index is 0.103. The van der Waals surface area contributed by atoms with Gasteiger partial charge in [0.2, 0.25) is 5.91 Å². The third kappa shape index (κ3) is 3.75. The number of aryl methyl sites for hydroxylation is 1. The number of amides is 1. The first-order valence-electron chi connectivity index (χ1n) is 8.71. The zero-order chi connectivity index (χ0) is 16.2. The maximum atomic E-state index is 12.6. The second kappa shape index (κ2) is 7.45. The quantitative estimate of drug-likeness (QED) is 0.837. The van der Waals surface area contributed by atoms with E-state index in [1.807, 2.05) is 4.90 Å². The second-order valence-corrected chi connectivity index (χ2v) is 6.68. The van der Waals surface area contributed by atoms with Crippen molar-refractivity contribution in [2.24, 2.45) is 0 Å². The van der Waals surface area contributed by atoms with Gasteiger partial charge in [-0.25, -0.2) is 0 Å². The Kier molecular flexibility index (Phi) is 5.34. The van der Waals surface area contributed by atoms with E-state index >= 15 is 0 Å². The zero-order valence-corrected chi connectivity index (χ0v) is 14.2. The zero-order valence-electron chi connectivity index (χ0n) is 14.2. The Balaban J connectivity index is 1.59. The van der Waals surface area contributed by atoms with Crippen LogP contribution in [0.1, 0.15) is 48.4 Å². The predicted molar refractivity (Wildman–Crippen MR) is 89.4 cm³/mol. The largest absolute Gasteiger partial charge is 0.376 e. The molecule has 1 aromatic carbocycles. The molecule has 23 heavy (non-hydrogen) atoms. The number of hydrogen-bond donors (Lipinski definition) is 0. The maximum Gasteiger partial charge on any atom is 0.249 e. The Morgan fingerprint density at radius 3 is 2.96 bits per heavy atom. The first-order valence-corrected chi connectivity index (χ1v) is 8.71. The number of rotatable bonds is 5. The topological polar surface area (TPSA) is 38.8 Å². The molecule has 2 aliphatic heterocycles. The monoisotopic (exact) mass is 317 g/mol. The van der Waals surface area contributed by atoms with Crippen LogP contribution in [0.5, 0.6) is 0 Å². The van der Waals surface area contributed by atoms with Gasteiger partial charge in [-0.1, -0.05) is 18.2 Å². The van der Waals surface area contributed by atoms with Crippen LogP contribution >= 0.6 is 0 Å². The summed E-state index contributed by atoms with van der Waals surface area (Å²) in [6.45, 7) is 6.64. The summed E-state index contributed by atoms with van der Waals surface area (Å²) in [5, 5.41) is 0. The summed E-state index contributed by atoms with van der Waals surface area (Å²) in [7, 11) is 0. The summed E-state index contributed by atoms with van der Waals surface area (Å²) >= 11 is 0. The van der Waals surface area contributed by atoms with Gasteiger partial charge in [-0.05, 0) is 56.2 Å². The fraction of sp³-hybridized carbons (Fsp3) is 0.632. The van der Waals surface area contributed by atoms with E-state index in [4.69, 9.17) is 9.47 Å². The van der Waals surface area contributed by atoms with Gasteiger partial charge < -0.3 is 14.4 Å². The van der Waals surface area contributed by atoms with E-state index in [2.05, 4.69) is 32.0 Å². The Morgan fingerprint density at radius 1 is 1.30 bits per heavy atom. The molecule has 0 spiro atoms. The lowest BCUT2D eigenvalue weighted by molar-refractivity contribution is -0.138. The third-order valence-electron chi connectivity index (χ3n) is 5.13. The first-order chi connectivity index (χ1) is 11.2. The van der Waals surface area contributed by atoms with Gasteiger partial charge in [0.1, 0.15) is 6.61 Å². The highest BCUT2D eigenvalue weighted by molar-refractivity contribution is 5.78. The van der Waals surface area contributed by atoms with E-state index < -0.39 is 0 Å². The lowest BCUT2D eigenvalue weighted by atomic mass is 9.96. The number of benzene rings is 1. The van der Waals surface area contributed by atoms with Gasteiger partial charge in [0.25, 0.3) is 0 Å². The van der Waals surface area contributed by atoms with Crippen molar-refractivity contribution in [2.45, 2.75) is 51.7 Å². The SMILES string of the molecule is Cc1cccc([C@H]2CCCN2C(=O)COC[C@H]2CCCO2)c1C. The minimum Gasteiger partial charge on any atom is -0.376 e. The highest BCUT2D eigenvalue weighted by Gasteiger charge is 2.31. The van der Waals surface area contributed by atoms with Crippen molar-refractivity contribution in [3.05, 3.63) is 34.9 Å². The number of carbonyl (C=O) groups excluding carboxylic acids is 1. The molecule has 0 saturated carbocycles. The molecule has 0 unspecified atom stereocenters. The van der Waals surface area contributed by atoms with Crippen LogP contribution in [0.2, 0.25) is 0 Å². The van der Waals surface area contributed by atoms with Crippen molar-refractivity contribution < 1.29 is 14.3 Å². The summed E-state index contributed by atoms with van der Waals surface area (Å²) in [5.41, 5.74) is 3.88. The van der Waals surface area contributed by atoms with E-state index in [1.165, 1.54) is 16.7 Å². The van der Waals surface area contributed by atoms with Crippen molar-refractivity contribution in [3.63, 3.8) is 0 Å². The van der Waals surface area contributed by atoms with Crippen molar-refractivity contribution in [3.8, 4) is 0 Å². The fourth-order valence-electron chi connectivity index (χ4n) is 3.66. The summed E-state index contributed by atoms with van der Waals surface area (Å²) < 4.78 is 11.1. The fourth-order valence-corrected chi connectivity index (χ4v) is 3.66. The highest BCUT2D eigenvalue weighted by Crippen LogP contribution is 2.34. The van der Waals surface area contributed by atoms with Crippen LogP contribution in [-0.2, 0) is 14.3 Å². The van der Waals surface area contributed by atoms with Gasteiger partial charge in [0, 0.05) is 13.2 Å². The van der Waals surface area contributed by atoms with Gasteiger partial charge in [0.05, 0.1) is 18.8 Å². The Hall–Kier alpha value is -1.39. The normalized spacial score (nSPS) is 24.3. The van der Waals surface area contributed by atoms with Gasteiger partial charge in [-0.3, -0.25) is 4.79 Å². The highest BCUT2D eigenvalue weighted by atomic mass is 16.5. The van der Waals surface area contributed by atoms with Gasteiger partial charge >= 0.3 is 0 Å². The van der Waals surface area contributed by atoms with Crippen molar-refractivity contribution >= 4 is 5.91 Å². The molecule has 2 saturated heterocycles. The summed E-state index contributed by atoms with van der Waals surface area (Å²) in [6.07, 6.45) is 4.43. The van der Waals surface area contributed by atoms with Crippen LogP contribution in [0.3, 0.4) is 0 Å².